The van der Waals surface area contributed by atoms with Gasteiger partial charge < -0.3 is 9.73 Å². The zero-order valence-electron chi connectivity index (χ0n) is 14.8. The van der Waals surface area contributed by atoms with Crippen LogP contribution in [0.3, 0.4) is 0 Å². The first-order valence-electron chi connectivity index (χ1n) is 8.55. The average molecular weight is 431 g/mol. The fourth-order valence-corrected chi connectivity index (χ4v) is 3.19. The van der Waals surface area contributed by atoms with Crippen molar-refractivity contribution in [1.29, 1.82) is 0 Å². The number of nitrogens with one attached hydrogen (secondary N) is 1. The molecule has 2 aromatic carbocycles. The van der Waals surface area contributed by atoms with E-state index in [1.165, 1.54) is 18.2 Å². The first kappa shape index (κ1) is 19.2. The van der Waals surface area contributed by atoms with Crippen molar-refractivity contribution < 1.29 is 18.4 Å². The minimum atomic E-state index is -0.624. The summed E-state index contributed by atoms with van der Waals surface area (Å²) in [7, 11) is 0. The van der Waals surface area contributed by atoms with Crippen LogP contribution in [0.25, 0.3) is 17.4 Å². The molecule has 0 spiro atoms. The standard InChI is InChI=1S/C21H13Cl2FN2O3/c22-15-7-5-12(9-16(15)23)19-8-6-14(29-19)10-18-20(27)26(21(28)25-18)11-13-3-1-2-4-17(13)24/h1-10H,11H2,(H,25,28)/b18-10-. The molecule has 0 atom stereocenters. The molecule has 146 valence electrons. The Labute approximate surface area is 175 Å². The molecule has 3 aromatic rings. The van der Waals surface area contributed by atoms with Gasteiger partial charge in [-0.2, -0.15) is 0 Å². The number of nitrogens with zero attached hydrogens (tertiary/aromatic N) is 1. The third-order valence-electron chi connectivity index (χ3n) is 4.37. The van der Waals surface area contributed by atoms with E-state index < -0.39 is 17.8 Å². The van der Waals surface area contributed by atoms with Crippen molar-refractivity contribution in [2.75, 3.05) is 0 Å². The quantitative estimate of drug-likeness (QED) is 0.439. The monoisotopic (exact) mass is 430 g/mol. The van der Waals surface area contributed by atoms with Gasteiger partial charge in [0, 0.05) is 17.2 Å². The summed E-state index contributed by atoms with van der Waals surface area (Å²) in [5.41, 5.74) is 1.01. The highest BCUT2D eigenvalue weighted by Gasteiger charge is 2.34. The molecule has 1 fully saturated rings. The molecule has 3 amide bonds. The molecule has 0 aliphatic carbocycles. The van der Waals surface area contributed by atoms with E-state index in [1.807, 2.05) is 0 Å². The lowest BCUT2D eigenvalue weighted by Gasteiger charge is -2.12. The van der Waals surface area contributed by atoms with Crippen molar-refractivity contribution in [3.63, 3.8) is 0 Å². The number of rotatable bonds is 4. The van der Waals surface area contributed by atoms with Crippen LogP contribution < -0.4 is 5.32 Å². The van der Waals surface area contributed by atoms with E-state index in [2.05, 4.69) is 5.32 Å². The van der Waals surface area contributed by atoms with Crippen LogP contribution in [0.2, 0.25) is 10.0 Å². The second-order valence-electron chi connectivity index (χ2n) is 6.30. The molecule has 2 heterocycles. The maximum Gasteiger partial charge on any atom is 0.329 e. The minimum Gasteiger partial charge on any atom is -0.457 e. The summed E-state index contributed by atoms with van der Waals surface area (Å²) in [6.07, 6.45) is 1.42. The highest BCUT2D eigenvalue weighted by Crippen LogP contribution is 2.30. The molecule has 1 aliphatic heterocycles. The third kappa shape index (κ3) is 3.90. The van der Waals surface area contributed by atoms with E-state index in [0.29, 0.717) is 27.1 Å². The second kappa shape index (κ2) is 7.73. The molecule has 4 rings (SSSR count). The number of hydrogen-bond donors (Lipinski definition) is 1. The predicted molar refractivity (Wildman–Crippen MR) is 108 cm³/mol. The molecule has 1 aromatic heterocycles. The van der Waals surface area contributed by atoms with Crippen LogP contribution in [0, 0.1) is 5.82 Å². The molecule has 29 heavy (non-hydrogen) atoms. The topological polar surface area (TPSA) is 62.6 Å². The largest absolute Gasteiger partial charge is 0.457 e. The zero-order valence-corrected chi connectivity index (χ0v) is 16.3. The number of urea groups is 1. The van der Waals surface area contributed by atoms with E-state index in [-0.39, 0.29) is 17.8 Å². The molecule has 1 saturated heterocycles. The van der Waals surface area contributed by atoms with Crippen LogP contribution in [0.5, 0.6) is 0 Å². The van der Waals surface area contributed by atoms with Gasteiger partial charge in [-0.1, -0.05) is 41.4 Å². The molecule has 0 radical (unpaired) electrons. The van der Waals surface area contributed by atoms with Crippen LogP contribution >= 0.6 is 23.2 Å². The Balaban J connectivity index is 1.55. The zero-order chi connectivity index (χ0) is 20.5. The molecule has 0 bridgehead atoms. The minimum absolute atomic E-state index is 0.0429. The van der Waals surface area contributed by atoms with Gasteiger partial charge in [0.05, 0.1) is 16.6 Å². The van der Waals surface area contributed by atoms with Crippen LogP contribution in [0.4, 0.5) is 9.18 Å². The summed E-state index contributed by atoms with van der Waals surface area (Å²) in [6, 6.07) is 13.8. The van der Waals surface area contributed by atoms with Gasteiger partial charge in [0.25, 0.3) is 5.91 Å². The van der Waals surface area contributed by atoms with Gasteiger partial charge >= 0.3 is 6.03 Å². The smallest absolute Gasteiger partial charge is 0.329 e. The maximum atomic E-state index is 13.8. The summed E-state index contributed by atoms with van der Waals surface area (Å²) in [5.74, 6) is -0.161. The SMILES string of the molecule is O=C1N/C(=C\c2ccc(-c3ccc(Cl)c(Cl)c3)o2)C(=O)N1Cc1ccccc1F. The van der Waals surface area contributed by atoms with Gasteiger partial charge in [0.1, 0.15) is 23.0 Å². The predicted octanol–water partition coefficient (Wildman–Crippen LogP) is 5.49. The first-order valence-corrected chi connectivity index (χ1v) is 9.31. The van der Waals surface area contributed by atoms with Crippen molar-refractivity contribution in [1.82, 2.24) is 10.2 Å². The molecular weight excluding hydrogens is 418 g/mol. The lowest BCUT2D eigenvalue weighted by atomic mass is 10.2. The number of amides is 3. The number of furan rings is 1. The molecule has 0 saturated carbocycles. The molecular formula is C21H13Cl2FN2O3. The van der Waals surface area contributed by atoms with Crippen molar-refractivity contribution in [3.05, 3.63) is 87.5 Å². The van der Waals surface area contributed by atoms with Crippen molar-refractivity contribution >= 4 is 41.2 Å². The Kier molecular flexibility index (Phi) is 5.13. The lowest BCUT2D eigenvalue weighted by Crippen LogP contribution is -2.30. The van der Waals surface area contributed by atoms with Gasteiger partial charge in [0.15, 0.2) is 0 Å². The number of benzene rings is 2. The summed E-state index contributed by atoms with van der Waals surface area (Å²) in [4.78, 5) is 25.7. The normalized spacial score (nSPS) is 15.3. The van der Waals surface area contributed by atoms with Gasteiger partial charge in [-0.05, 0) is 36.4 Å². The van der Waals surface area contributed by atoms with E-state index >= 15 is 0 Å². The first-order chi connectivity index (χ1) is 13.9. The Bertz CT molecular complexity index is 1160. The van der Waals surface area contributed by atoms with Crippen molar-refractivity contribution in [2.24, 2.45) is 0 Å². The number of hydrogen-bond acceptors (Lipinski definition) is 3. The molecule has 8 heteroatoms. The van der Waals surface area contributed by atoms with Crippen LogP contribution in [-0.2, 0) is 11.3 Å². The summed E-state index contributed by atoms with van der Waals surface area (Å²) >= 11 is 11.9. The van der Waals surface area contributed by atoms with E-state index in [9.17, 15) is 14.0 Å². The third-order valence-corrected chi connectivity index (χ3v) is 5.11. The fourth-order valence-electron chi connectivity index (χ4n) is 2.89. The average Bonchev–Trinajstić information content (AvgIpc) is 3.26. The van der Waals surface area contributed by atoms with Crippen molar-refractivity contribution in [2.45, 2.75) is 6.54 Å². The molecule has 0 unspecified atom stereocenters. The number of halogens is 3. The molecule has 1 N–H and O–H groups in total. The van der Waals surface area contributed by atoms with Gasteiger partial charge in [-0.25, -0.2) is 9.18 Å². The van der Waals surface area contributed by atoms with Gasteiger partial charge in [-0.15, -0.1) is 0 Å². The summed E-state index contributed by atoms with van der Waals surface area (Å²) in [5, 5.41) is 3.31. The Morgan fingerprint density at radius 3 is 2.59 bits per heavy atom. The van der Waals surface area contributed by atoms with Gasteiger partial charge in [0.2, 0.25) is 0 Å². The Morgan fingerprint density at radius 1 is 1.03 bits per heavy atom. The maximum absolute atomic E-state index is 13.8. The second-order valence-corrected chi connectivity index (χ2v) is 7.12. The van der Waals surface area contributed by atoms with Crippen LogP contribution in [0.1, 0.15) is 11.3 Å². The van der Waals surface area contributed by atoms with Crippen molar-refractivity contribution in [3.8, 4) is 11.3 Å². The molecule has 5 nitrogen and oxygen atoms in total. The van der Waals surface area contributed by atoms with E-state index in [0.717, 1.165) is 4.90 Å². The molecule has 1 aliphatic rings. The van der Waals surface area contributed by atoms with Crippen LogP contribution in [-0.4, -0.2) is 16.8 Å². The highest BCUT2D eigenvalue weighted by atomic mass is 35.5. The highest BCUT2D eigenvalue weighted by molar-refractivity contribution is 6.42. The summed E-state index contributed by atoms with van der Waals surface area (Å²) < 4.78 is 19.6. The number of carbonyl (C=O) groups excluding carboxylic acids is 2. The van der Waals surface area contributed by atoms with Gasteiger partial charge in [-0.3, -0.25) is 9.69 Å². The fraction of sp³-hybridized carbons (Fsp3) is 0.0476. The van der Waals surface area contributed by atoms with E-state index in [4.69, 9.17) is 27.6 Å². The Morgan fingerprint density at radius 2 is 1.83 bits per heavy atom. The number of imide groups is 1. The van der Waals surface area contributed by atoms with E-state index in [1.54, 1.807) is 42.5 Å². The van der Waals surface area contributed by atoms with Crippen LogP contribution in [0.15, 0.2) is 64.7 Å². The summed E-state index contributed by atoms with van der Waals surface area (Å²) in [6.45, 7) is -0.165. The number of carbonyl (C=O) groups is 2. The lowest BCUT2D eigenvalue weighted by molar-refractivity contribution is -0.123. The Hall–Kier alpha value is -3.09.